The summed E-state index contributed by atoms with van der Waals surface area (Å²) in [5.74, 6) is 3.31. The van der Waals surface area contributed by atoms with Crippen molar-refractivity contribution in [2.24, 2.45) is 10.4 Å². The van der Waals surface area contributed by atoms with E-state index in [0.29, 0.717) is 12.1 Å². The molecule has 2 aromatic carbocycles. The molecule has 4 rings (SSSR count). The first-order valence-corrected chi connectivity index (χ1v) is 11.1. The molecule has 2 heterocycles. The van der Waals surface area contributed by atoms with Crippen molar-refractivity contribution in [3.8, 4) is 0 Å². The summed E-state index contributed by atoms with van der Waals surface area (Å²) in [6.07, 6.45) is 3.13. The number of fused-ring (bicyclic) bond motifs is 1. The molecule has 2 N–H and O–H groups in total. The van der Waals surface area contributed by atoms with Crippen LogP contribution < -0.4 is 10.6 Å². The summed E-state index contributed by atoms with van der Waals surface area (Å²) in [7, 11) is 1.67. The maximum absolute atomic E-state index is 12.0. The number of anilines is 1. The van der Waals surface area contributed by atoms with E-state index in [2.05, 4.69) is 16.7 Å². The smallest absolute Gasteiger partial charge is 0.251 e. The van der Waals surface area contributed by atoms with Gasteiger partial charge in [-0.25, -0.2) is 0 Å². The molecule has 2 aliphatic heterocycles. The van der Waals surface area contributed by atoms with Gasteiger partial charge in [-0.2, -0.15) is 11.8 Å². The molecular weight excluding hydrogens is 390 g/mol. The van der Waals surface area contributed by atoms with Gasteiger partial charge < -0.3 is 10.6 Å². The predicted octanol–water partition coefficient (Wildman–Crippen LogP) is 4.78. The Labute approximate surface area is 175 Å². The van der Waals surface area contributed by atoms with E-state index in [4.69, 9.17) is 16.6 Å². The standard InChI is InChI=1S/C22H24ClN3OS/c1-24-20(27)16-5-6-19-17(12-16)13-22(7-9-28-10-8-22)21(26-19)25-14-15-3-2-4-18(23)11-15/h2-6,11-12H,7-10,13-14H2,1H3,(H,24,27)(H,25,26). The normalized spacial score (nSPS) is 19.1. The van der Waals surface area contributed by atoms with E-state index in [1.807, 2.05) is 48.2 Å². The van der Waals surface area contributed by atoms with E-state index in [9.17, 15) is 4.79 Å². The van der Waals surface area contributed by atoms with Crippen LogP contribution in [0.1, 0.15) is 34.3 Å². The van der Waals surface area contributed by atoms with E-state index in [1.165, 1.54) is 5.56 Å². The first-order chi connectivity index (χ1) is 13.6. The van der Waals surface area contributed by atoms with Gasteiger partial charge in [0.1, 0.15) is 5.84 Å². The maximum atomic E-state index is 12.0. The minimum atomic E-state index is -0.0449. The quantitative estimate of drug-likeness (QED) is 0.761. The van der Waals surface area contributed by atoms with Crippen LogP contribution in [-0.4, -0.2) is 30.3 Å². The van der Waals surface area contributed by atoms with Gasteiger partial charge >= 0.3 is 0 Å². The minimum absolute atomic E-state index is 0.0259. The Morgan fingerprint density at radius 2 is 2.07 bits per heavy atom. The lowest BCUT2D eigenvalue weighted by Crippen LogP contribution is -2.44. The zero-order valence-electron chi connectivity index (χ0n) is 15.9. The average Bonchev–Trinajstić information content (AvgIpc) is 2.72. The highest BCUT2D eigenvalue weighted by Crippen LogP contribution is 2.44. The van der Waals surface area contributed by atoms with Crippen LogP contribution in [-0.2, 0) is 13.0 Å². The molecular formula is C22H24ClN3OS. The zero-order chi connectivity index (χ0) is 19.6. The van der Waals surface area contributed by atoms with E-state index >= 15 is 0 Å². The number of hydrogen-bond acceptors (Lipinski definition) is 3. The van der Waals surface area contributed by atoms with Crippen LogP contribution in [0.3, 0.4) is 0 Å². The number of nitrogens with zero attached hydrogens (tertiary/aromatic N) is 1. The highest BCUT2D eigenvalue weighted by Gasteiger charge is 2.41. The summed E-state index contributed by atoms with van der Waals surface area (Å²) in [6.45, 7) is 0.615. The van der Waals surface area contributed by atoms with Crippen LogP contribution in [0.2, 0.25) is 5.02 Å². The van der Waals surface area contributed by atoms with E-state index < -0.39 is 0 Å². The molecule has 0 aromatic heterocycles. The summed E-state index contributed by atoms with van der Waals surface area (Å²) in [6, 6.07) is 13.8. The van der Waals surface area contributed by atoms with Gasteiger partial charge in [0.15, 0.2) is 0 Å². The lowest BCUT2D eigenvalue weighted by molar-refractivity contribution is 0.0963. The SMILES string of the molecule is CNC(=O)c1ccc2c(c1)CC1(CCSCC1)C(=NCc1cccc(Cl)c1)N2. The Balaban J connectivity index is 1.67. The van der Waals surface area contributed by atoms with Gasteiger partial charge in [0, 0.05) is 28.7 Å². The van der Waals surface area contributed by atoms with E-state index in [1.54, 1.807) is 7.05 Å². The minimum Gasteiger partial charge on any atom is -0.355 e. The Morgan fingerprint density at radius 1 is 1.25 bits per heavy atom. The summed E-state index contributed by atoms with van der Waals surface area (Å²) in [5.41, 5.74) is 4.11. The number of nitrogens with one attached hydrogen (secondary N) is 2. The molecule has 1 amide bonds. The van der Waals surface area contributed by atoms with Crippen molar-refractivity contribution >= 4 is 40.8 Å². The Hall–Kier alpha value is -1.98. The lowest BCUT2D eigenvalue weighted by atomic mass is 9.72. The van der Waals surface area contributed by atoms with Crippen molar-refractivity contribution in [2.75, 3.05) is 23.9 Å². The molecule has 0 saturated carbocycles. The Morgan fingerprint density at radius 3 is 2.82 bits per heavy atom. The molecule has 1 fully saturated rings. The topological polar surface area (TPSA) is 53.5 Å². The fraction of sp³-hybridized carbons (Fsp3) is 0.364. The number of aliphatic imine (C=N–C) groups is 1. The number of carbonyl (C=O) groups excluding carboxylic acids is 1. The molecule has 0 unspecified atom stereocenters. The molecule has 6 heteroatoms. The number of amides is 1. The second kappa shape index (κ2) is 8.18. The third-order valence-electron chi connectivity index (χ3n) is 5.64. The van der Waals surface area contributed by atoms with Crippen molar-refractivity contribution in [1.29, 1.82) is 0 Å². The van der Waals surface area contributed by atoms with Gasteiger partial charge in [-0.15, -0.1) is 0 Å². The van der Waals surface area contributed by atoms with Gasteiger partial charge in [-0.05, 0) is 72.2 Å². The first kappa shape index (κ1) is 19.3. The number of carbonyl (C=O) groups is 1. The molecule has 146 valence electrons. The maximum Gasteiger partial charge on any atom is 0.251 e. The molecule has 1 saturated heterocycles. The third-order valence-corrected chi connectivity index (χ3v) is 6.86. The fourth-order valence-corrected chi connectivity index (χ4v) is 5.53. The molecule has 0 radical (unpaired) electrons. The number of benzene rings is 2. The van der Waals surface area contributed by atoms with Gasteiger partial charge in [-0.3, -0.25) is 9.79 Å². The average molecular weight is 414 g/mol. The number of rotatable bonds is 3. The molecule has 2 aromatic rings. The monoisotopic (exact) mass is 413 g/mol. The lowest BCUT2D eigenvalue weighted by Gasteiger charge is -2.42. The van der Waals surface area contributed by atoms with Crippen LogP contribution >= 0.6 is 23.4 Å². The largest absolute Gasteiger partial charge is 0.355 e. The summed E-state index contributed by atoms with van der Waals surface area (Å²) < 4.78 is 0. The Bertz CT molecular complexity index is 922. The summed E-state index contributed by atoms with van der Waals surface area (Å²) in [4.78, 5) is 17.1. The number of hydrogen-bond donors (Lipinski definition) is 2. The van der Waals surface area contributed by atoms with Crippen molar-refractivity contribution in [3.05, 3.63) is 64.2 Å². The van der Waals surface area contributed by atoms with E-state index in [0.717, 1.165) is 52.9 Å². The van der Waals surface area contributed by atoms with Crippen molar-refractivity contribution in [3.63, 3.8) is 0 Å². The highest BCUT2D eigenvalue weighted by molar-refractivity contribution is 7.99. The molecule has 0 bridgehead atoms. The highest BCUT2D eigenvalue weighted by atomic mass is 35.5. The summed E-state index contributed by atoms with van der Waals surface area (Å²) >= 11 is 8.14. The molecule has 2 aliphatic rings. The molecule has 0 atom stereocenters. The predicted molar refractivity (Wildman–Crippen MR) is 119 cm³/mol. The van der Waals surface area contributed by atoms with Crippen LogP contribution in [0, 0.1) is 5.41 Å². The molecule has 28 heavy (non-hydrogen) atoms. The second-order valence-corrected chi connectivity index (χ2v) is 9.10. The third kappa shape index (κ3) is 3.91. The van der Waals surface area contributed by atoms with E-state index in [-0.39, 0.29) is 11.3 Å². The molecule has 0 aliphatic carbocycles. The Kier molecular flexibility index (Phi) is 5.65. The fourth-order valence-electron chi connectivity index (χ4n) is 4.04. The molecule has 1 spiro atoms. The van der Waals surface area contributed by atoms with Crippen molar-refractivity contribution < 1.29 is 4.79 Å². The van der Waals surface area contributed by atoms with Crippen LogP contribution in [0.5, 0.6) is 0 Å². The van der Waals surface area contributed by atoms with Gasteiger partial charge in [0.25, 0.3) is 5.91 Å². The van der Waals surface area contributed by atoms with Crippen LogP contribution in [0.25, 0.3) is 0 Å². The van der Waals surface area contributed by atoms with Gasteiger partial charge in [0.2, 0.25) is 0 Å². The van der Waals surface area contributed by atoms with Gasteiger partial charge in [-0.1, -0.05) is 23.7 Å². The van der Waals surface area contributed by atoms with Crippen molar-refractivity contribution in [2.45, 2.75) is 25.8 Å². The van der Waals surface area contributed by atoms with Crippen molar-refractivity contribution in [1.82, 2.24) is 5.32 Å². The number of halogens is 1. The molecule has 4 nitrogen and oxygen atoms in total. The number of thioether (sulfide) groups is 1. The second-order valence-electron chi connectivity index (χ2n) is 7.44. The first-order valence-electron chi connectivity index (χ1n) is 9.59. The zero-order valence-corrected chi connectivity index (χ0v) is 17.5. The summed E-state index contributed by atoms with van der Waals surface area (Å²) in [5, 5.41) is 7.06. The number of amidine groups is 1. The van der Waals surface area contributed by atoms with Crippen LogP contribution in [0.4, 0.5) is 5.69 Å². The van der Waals surface area contributed by atoms with Gasteiger partial charge in [0.05, 0.1) is 6.54 Å². The van der Waals surface area contributed by atoms with Crippen LogP contribution in [0.15, 0.2) is 47.5 Å².